The molecule has 2 amide bonds. The van der Waals surface area contributed by atoms with Crippen molar-refractivity contribution in [3.63, 3.8) is 0 Å². The van der Waals surface area contributed by atoms with Crippen LogP contribution in [0.4, 0.5) is 5.13 Å². The number of nitrogens with one attached hydrogen (secondary N) is 1. The first-order valence-electron chi connectivity index (χ1n) is 10.6. The van der Waals surface area contributed by atoms with Crippen molar-refractivity contribution in [2.24, 2.45) is 5.16 Å². The van der Waals surface area contributed by atoms with E-state index in [1.54, 1.807) is 0 Å². The van der Waals surface area contributed by atoms with Gasteiger partial charge in [0.2, 0.25) is 11.5 Å². The minimum atomic E-state index is -1.45. The van der Waals surface area contributed by atoms with Crippen LogP contribution in [0.2, 0.25) is 0 Å². The van der Waals surface area contributed by atoms with Crippen LogP contribution < -0.4 is 20.7 Å². The first-order chi connectivity index (χ1) is 17.2. The van der Waals surface area contributed by atoms with Crippen LogP contribution in [0.25, 0.3) is 0 Å². The Morgan fingerprint density at radius 3 is 2.75 bits per heavy atom. The van der Waals surface area contributed by atoms with E-state index in [2.05, 4.69) is 25.8 Å². The number of rotatable bonds is 8. The molecular weight excluding hydrogens is 506 g/mol. The molecule has 3 N–H and O–H groups in total. The second kappa shape index (κ2) is 10.3. The number of anilines is 1. The Morgan fingerprint density at radius 1 is 1.42 bits per heavy atom. The molecule has 2 aliphatic heterocycles. The maximum Gasteiger partial charge on any atom is 0.278 e. The summed E-state index contributed by atoms with van der Waals surface area (Å²) in [7, 11) is 0. The molecule has 0 aromatic carbocycles. The van der Waals surface area contributed by atoms with Gasteiger partial charge in [0, 0.05) is 34.0 Å². The lowest BCUT2D eigenvalue weighted by Gasteiger charge is -2.50. The first-order valence-corrected chi connectivity index (χ1v) is 12.4. The molecule has 1 fully saturated rings. The van der Waals surface area contributed by atoms with E-state index in [4.69, 9.17) is 17.0 Å². The number of oxime groups is 1. The van der Waals surface area contributed by atoms with Crippen LogP contribution in [0.15, 0.2) is 34.9 Å². The fourth-order valence-corrected chi connectivity index (χ4v) is 5.73. The Hall–Kier alpha value is -3.96. The maximum atomic E-state index is 13.0. The third kappa shape index (κ3) is 5.02. The third-order valence-corrected chi connectivity index (χ3v) is 7.15. The Labute approximate surface area is 214 Å². The van der Waals surface area contributed by atoms with Crippen molar-refractivity contribution in [2.45, 2.75) is 31.8 Å². The second-order valence-electron chi connectivity index (χ2n) is 8.04. The number of nitrogen functional groups attached to an aromatic ring is 1. The number of terminal acetylenes is 1. The molecule has 0 saturated carbocycles. The van der Waals surface area contributed by atoms with Crippen LogP contribution in [0.3, 0.4) is 0 Å². The van der Waals surface area contributed by atoms with E-state index >= 15 is 0 Å². The van der Waals surface area contributed by atoms with Crippen molar-refractivity contribution in [3.05, 3.63) is 46.7 Å². The van der Waals surface area contributed by atoms with Crippen molar-refractivity contribution < 1.29 is 28.9 Å². The molecule has 4 rings (SSSR count). The number of thioether (sulfide) groups is 1. The molecule has 4 heterocycles. The molecule has 12 nitrogen and oxygen atoms in total. The number of aromatic nitrogens is 3. The lowest BCUT2D eigenvalue weighted by molar-refractivity contribution is -0.689. The van der Waals surface area contributed by atoms with E-state index in [0.717, 1.165) is 27.6 Å². The van der Waals surface area contributed by atoms with Gasteiger partial charge in [-0.1, -0.05) is 11.1 Å². The normalized spacial score (nSPS) is 19.3. The highest BCUT2D eigenvalue weighted by molar-refractivity contribution is 8.00. The van der Waals surface area contributed by atoms with Gasteiger partial charge >= 0.3 is 0 Å². The van der Waals surface area contributed by atoms with Gasteiger partial charge in [-0.2, -0.15) is 9.36 Å². The fourth-order valence-electron chi connectivity index (χ4n) is 3.96. The number of carbonyl (C=O) groups is 3. The Balaban J connectivity index is 1.54. The smallest absolute Gasteiger partial charge is 0.278 e. The van der Waals surface area contributed by atoms with E-state index in [1.165, 1.54) is 11.8 Å². The summed E-state index contributed by atoms with van der Waals surface area (Å²) in [4.78, 5) is 48.0. The summed E-state index contributed by atoms with van der Waals surface area (Å²) in [5.74, 6) is -0.373. The Bertz CT molecular complexity index is 1330. The van der Waals surface area contributed by atoms with Gasteiger partial charge in [-0.05, 0) is 19.9 Å². The van der Waals surface area contributed by atoms with E-state index in [-0.39, 0.29) is 35.5 Å². The first kappa shape index (κ1) is 25.1. The van der Waals surface area contributed by atoms with E-state index in [1.807, 2.05) is 36.9 Å². The number of hydrogen-bond acceptors (Lipinski definition) is 11. The molecule has 2 atom stereocenters. The van der Waals surface area contributed by atoms with Gasteiger partial charge in [-0.15, -0.1) is 18.2 Å². The molecular formula is C22H21N7O5S2. The second-order valence-corrected chi connectivity index (χ2v) is 9.93. The van der Waals surface area contributed by atoms with Crippen LogP contribution >= 0.6 is 23.3 Å². The SMILES string of the molecule is C#CCON=C(C(=O)NC1C(=O)N2C(C(=O)[O-])=C(C[n+]3cc(C)cc(C)c3)CS[C@H]12)c1nsc(N)n1. The number of amides is 2. The van der Waals surface area contributed by atoms with Gasteiger partial charge in [0.05, 0.1) is 11.7 Å². The number of β-lactam (4-membered cyclic amide) rings is 1. The van der Waals surface area contributed by atoms with Crippen molar-refractivity contribution in [2.75, 3.05) is 18.1 Å². The number of nitrogens with zero attached hydrogens (tertiary/aromatic N) is 5. The van der Waals surface area contributed by atoms with Crippen molar-refractivity contribution in [1.29, 1.82) is 0 Å². The highest BCUT2D eigenvalue weighted by atomic mass is 32.2. The van der Waals surface area contributed by atoms with Gasteiger partial charge in [0.1, 0.15) is 11.4 Å². The number of nitrogens with two attached hydrogens (primary N) is 1. The van der Waals surface area contributed by atoms with Crippen molar-refractivity contribution in [3.8, 4) is 12.3 Å². The number of fused-ring (bicyclic) bond motifs is 1. The zero-order valence-corrected chi connectivity index (χ0v) is 20.9. The van der Waals surface area contributed by atoms with E-state index < -0.39 is 29.2 Å². The predicted molar refractivity (Wildman–Crippen MR) is 129 cm³/mol. The average Bonchev–Trinajstić information content (AvgIpc) is 3.24. The molecule has 186 valence electrons. The topological polar surface area (TPSA) is 167 Å². The summed E-state index contributed by atoms with van der Waals surface area (Å²) in [6, 6.07) is 1.01. The molecule has 2 aromatic heterocycles. The summed E-state index contributed by atoms with van der Waals surface area (Å²) >= 11 is 2.19. The van der Waals surface area contributed by atoms with Crippen LogP contribution in [-0.2, 0) is 25.8 Å². The number of carboxylic acid groups (broad SMARTS) is 1. The molecule has 36 heavy (non-hydrogen) atoms. The number of aryl methyl sites for hydroxylation is 2. The van der Waals surface area contributed by atoms with Crippen molar-refractivity contribution in [1.82, 2.24) is 19.6 Å². The monoisotopic (exact) mass is 527 g/mol. The fraction of sp³-hybridized carbons (Fsp3) is 0.318. The molecule has 0 bridgehead atoms. The summed E-state index contributed by atoms with van der Waals surface area (Å²) in [5, 5.41) is 17.8. The number of carboxylic acids is 1. The van der Waals surface area contributed by atoms with E-state index in [0.29, 0.717) is 11.3 Å². The maximum absolute atomic E-state index is 13.0. The predicted octanol–water partition coefficient (Wildman–Crippen LogP) is -1.52. The molecule has 0 radical (unpaired) electrons. The third-order valence-electron chi connectivity index (χ3n) is 5.27. The van der Waals surface area contributed by atoms with E-state index in [9.17, 15) is 19.5 Å². The Kier molecular flexibility index (Phi) is 7.22. The molecule has 1 saturated heterocycles. The van der Waals surface area contributed by atoms with Crippen LogP contribution in [0.5, 0.6) is 0 Å². The minimum absolute atomic E-state index is 0.0879. The molecule has 14 heteroatoms. The van der Waals surface area contributed by atoms with Crippen LogP contribution in [0.1, 0.15) is 17.0 Å². The molecule has 0 spiro atoms. The molecule has 2 aromatic rings. The lowest BCUT2D eigenvalue weighted by Crippen LogP contribution is -2.71. The van der Waals surface area contributed by atoms with Gasteiger partial charge in [0.25, 0.3) is 11.8 Å². The summed E-state index contributed by atoms with van der Waals surface area (Å²) in [5.41, 5.74) is 7.69. The van der Waals surface area contributed by atoms with Crippen LogP contribution in [0, 0.1) is 26.2 Å². The largest absolute Gasteiger partial charge is 0.543 e. The quantitative estimate of drug-likeness (QED) is 0.104. The van der Waals surface area contributed by atoms with Gasteiger partial charge in [0.15, 0.2) is 30.7 Å². The summed E-state index contributed by atoms with van der Waals surface area (Å²) < 4.78 is 5.82. The molecule has 0 aliphatic carbocycles. The minimum Gasteiger partial charge on any atom is -0.543 e. The number of hydrogen-bond donors (Lipinski definition) is 2. The highest BCUT2D eigenvalue weighted by Crippen LogP contribution is 2.40. The summed E-state index contributed by atoms with van der Waals surface area (Å²) in [6.07, 6.45) is 8.93. The standard InChI is InChI=1S/C22H21N7O5S2/c1-4-5-34-26-14(17-25-22(23)36-27-17)18(30)24-15-19(31)29-16(21(32)33)13(10-35-20(15)29)9-28-7-11(2)6-12(3)8-28/h1,6-8,15,20H,5,9-10H2,2-3H3,(H3-,23,24,25,27,30,32,33)/t15?,20-/m1/s1. The van der Waals surface area contributed by atoms with Gasteiger partial charge in [-0.25, -0.2) is 4.57 Å². The van der Waals surface area contributed by atoms with Gasteiger partial charge < -0.3 is 25.8 Å². The zero-order valence-electron chi connectivity index (χ0n) is 19.3. The zero-order chi connectivity index (χ0) is 26.0. The number of pyridine rings is 1. The highest BCUT2D eigenvalue weighted by Gasteiger charge is 2.53. The van der Waals surface area contributed by atoms with Gasteiger partial charge in [-0.3, -0.25) is 14.5 Å². The number of carbonyl (C=O) groups excluding carboxylic acids is 3. The lowest BCUT2D eigenvalue weighted by atomic mass is 10.0. The number of aliphatic carboxylic acids is 1. The summed E-state index contributed by atoms with van der Waals surface area (Å²) in [6.45, 7) is 3.97. The Morgan fingerprint density at radius 2 is 2.14 bits per heavy atom. The molecule has 2 aliphatic rings. The average molecular weight is 528 g/mol. The molecule has 1 unspecified atom stereocenters. The van der Waals surface area contributed by atoms with Crippen molar-refractivity contribution >= 4 is 51.9 Å². The van der Waals surface area contributed by atoms with Crippen LogP contribution in [-0.4, -0.2) is 61.5 Å².